The van der Waals surface area contributed by atoms with Crippen LogP contribution in [0.5, 0.6) is 0 Å². The Morgan fingerprint density at radius 3 is 2.67 bits per heavy atom. The van der Waals surface area contributed by atoms with Gasteiger partial charge in [-0.1, -0.05) is 36.4 Å². The number of ether oxygens (including phenoxy) is 1. The first-order valence-electron chi connectivity index (χ1n) is 11.2. The summed E-state index contributed by atoms with van der Waals surface area (Å²) in [6, 6.07) is 7.74. The predicted octanol–water partition coefficient (Wildman–Crippen LogP) is 1.24. The van der Waals surface area contributed by atoms with Crippen LogP contribution in [0.15, 0.2) is 43.0 Å². The SMILES string of the molecule is C=CCNC(=O)C1N(C(=O)C(O)C(Cc2ccccc2)NC(=O)C2CCCO2)CSC1(C)C. The number of thioether (sulfide) groups is 1. The predicted molar refractivity (Wildman–Crippen MR) is 127 cm³/mol. The Kier molecular flexibility index (Phi) is 8.56. The molecular formula is C24H33N3O5S. The molecule has 3 N–H and O–H groups in total. The van der Waals surface area contributed by atoms with Crippen LogP contribution in [0, 0.1) is 0 Å². The summed E-state index contributed by atoms with van der Waals surface area (Å²) in [6.45, 7) is 8.21. The van der Waals surface area contributed by atoms with Crippen LogP contribution < -0.4 is 10.6 Å². The summed E-state index contributed by atoms with van der Waals surface area (Å²) < 4.78 is 4.93. The zero-order valence-electron chi connectivity index (χ0n) is 19.2. The number of amides is 3. The highest BCUT2D eigenvalue weighted by Crippen LogP contribution is 2.39. The van der Waals surface area contributed by atoms with Crippen LogP contribution in [0.2, 0.25) is 0 Å². The summed E-state index contributed by atoms with van der Waals surface area (Å²) in [5.41, 5.74) is 0.874. The van der Waals surface area contributed by atoms with Gasteiger partial charge in [0.2, 0.25) is 11.8 Å². The van der Waals surface area contributed by atoms with Gasteiger partial charge in [-0.15, -0.1) is 18.3 Å². The maximum Gasteiger partial charge on any atom is 0.254 e. The summed E-state index contributed by atoms with van der Waals surface area (Å²) in [4.78, 5) is 40.4. The van der Waals surface area contributed by atoms with Gasteiger partial charge in [0.15, 0.2) is 6.10 Å². The molecule has 2 aliphatic heterocycles. The summed E-state index contributed by atoms with van der Waals surface area (Å²) in [5, 5.41) is 16.7. The molecule has 3 amide bonds. The minimum Gasteiger partial charge on any atom is -0.381 e. The van der Waals surface area contributed by atoms with Gasteiger partial charge in [0.1, 0.15) is 12.1 Å². The van der Waals surface area contributed by atoms with E-state index < -0.39 is 34.9 Å². The molecule has 9 heteroatoms. The minimum atomic E-state index is -1.51. The van der Waals surface area contributed by atoms with Gasteiger partial charge < -0.3 is 25.4 Å². The van der Waals surface area contributed by atoms with Crippen LogP contribution in [0.1, 0.15) is 32.3 Å². The highest BCUT2D eigenvalue weighted by atomic mass is 32.2. The van der Waals surface area contributed by atoms with E-state index in [2.05, 4.69) is 17.2 Å². The number of nitrogens with one attached hydrogen (secondary N) is 2. The first kappa shape index (κ1) is 25.3. The minimum absolute atomic E-state index is 0.268. The second kappa shape index (κ2) is 11.2. The summed E-state index contributed by atoms with van der Waals surface area (Å²) in [7, 11) is 0. The highest BCUT2D eigenvalue weighted by molar-refractivity contribution is 8.00. The average molecular weight is 476 g/mol. The lowest BCUT2D eigenvalue weighted by atomic mass is 9.97. The van der Waals surface area contributed by atoms with Crippen LogP contribution >= 0.6 is 11.8 Å². The van der Waals surface area contributed by atoms with Crippen molar-refractivity contribution >= 4 is 29.5 Å². The van der Waals surface area contributed by atoms with Gasteiger partial charge in [-0.2, -0.15) is 0 Å². The second-order valence-electron chi connectivity index (χ2n) is 8.87. The van der Waals surface area contributed by atoms with Crippen molar-refractivity contribution in [3.63, 3.8) is 0 Å². The third-order valence-electron chi connectivity index (χ3n) is 5.98. The van der Waals surface area contributed by atoms with Gasteiger partial charge in [-0.3, -0.25) is 14.4 Å². The maximum atomic E-state index is 13.4. The molecule has 0 aromatic heterocycles. The lowest BCUT2D eigenvalue weighted by molar-refractivity contribution is -0.148. The molecule has 0 aliphatic carbocycles. The molecule has 0 radical (unpaired) electrons. The molecule has 8 nitrogen and oxygen atoms in total. The fraction of sp³-hybridized carbons (Fsp3) is 0.542. The number of nitrogens with zero attached hydrogens (tertiary/aromatic N) is 1. The summed E-state index contributed by atoms with van der Waals surface area (Å²) in [6.07, 6.45) is 1.15. The zero-order chi connectivity index (χ0) is 24.0. The van der Waals surface area contributed by atoms with E-state index in [-0.39, 0.29) is 30.7 Å². The lowest BCUT2D eigenvalue weighted by Crippen LogP contribution is -2.59. The third kappa shape index (κ3) is 6.16. The van der Waals surface area contributed by atoms with E-state index in [0.717, 1.165) is 12.0 Å². The Bertz CT molecular complexity index is 857. The number of carbonyl (C=O) groups excluding carboxylic acids is 3. The Morgan fingerprint density at radius 1 is 1.30 bits per heavy atom. The number of aliphatic hydroxyl groups is 1. The molecule has 1 aromatic carbocycles. The second-order valence-corrected chi connectivity index (χ2v) is 10.5. The Morgan fingerprint density at radius 2 is 2.03 bits per heavy atom. The van der Waals surface area contributed by atoms with E-state index in [9.17, 15) is 19.5 Å². The number of aliphatic hydroxyl groups excluding tert-OH is 1. The molecular weight excluding hydrogens is 442 g/mol. The summed E-state index contributed by atoms with van der Waals surface area (Å²) >= 11 is 1.47. The van der Waals surface area contributed by atoms with Gasteiger partial charge in [0.05, 0.1) is 11.9 Å². The van der Waals surface area contributed by atoms with Gasteiger partial charge in [-0.25, -0.2) is 0 Å². The molecule has 3 rings (SSSR count). The van der Waals surface area contributed by atoms with Crippen molar-refractivity contribution in [1.82, 2.24) is 15.5 Å². The van der Waals surface area contributed by atoms with E-state index in [1.165, 1.54) is 16.7 Å². The van der Waals surface area contributed by atoms with Gasteiger partial charge in [0, 0.05) is 17.9 Å². The van der Waals surface area contributed by atoms with Crippen LogP contribution in [-0.2, 0) is 25.5 Å². The van der Waals surface area contributed by atoms with Gasteiger partial charge in [-0.05, 0) is 38.7 Å². The van der Waals surface area contributed by atoms with Gasteiger partial charge in [0.25, 0.3) is 5.91 Å². The third-order valence-corrected chi connectivity index (χ3v) is 7.35. The van der Waals surface area contributed by atoms with Crippen molar-refractivity contribution in [2.75, 3.05) is 19.0 Å². The van der Waals surface area contributed by atoms with E-state index in [1.54, 1.807) is 6.08 Å². The molecule has 1 aromatic rings. The zero-order valence-corrected chi connectivity index (χ0v) is 20.0. The number of benzene rings is 1. The lowest BCUT2D eigenvalue weighted by Gasteiger charge is -2.33. The largest absolute Gasteiger partial charge is 0.381 e. The summed E-state index contributed by atoms with van der Waals surface area (Å²) in [5.74, 6) is -0.946. The smallest absolute Gasteiger partial charge is 0.254 e. The van der Waals surface area contributed by atoms with Crippen molar-refractivity contribution in [2.24, 2.45) is 0 Å². The van der Waals surface area contributed by atoms with Crippen LogP contribution in [-0.4, -0.2) is 75.8 Å². The fourth-order valence-corrected chi connectivity index (χ4v) is 5.33. The van der Waals surface area contributed by atoms with E-state index in [4.69, 9.17) is 4.74 Å². The molecule has 0 spiro atoms. The first-order chi connectivity index (χ1) is 15.7. The molecule has 2 heterocycles. The van der Waals surface area contributed by atoms with Crippen LogP contribution in [0.25, 0.3) is 0 Å². The molecule has 4 unspecified atom stereocenters. The molecule has 0 bridgehead atoms. The van der Waals surface area contributed by atoms with Crippen LogP contribution in [0.3, 0.4) is 0 Å². The standard InChI is InChI=1S/C24H33N3O5S/c1-4-12-25-22(30)20-24(2,3)33-15-27(20)23(31)19(28)17(14-16-9-6-5-7-10-16)26-21(29)18-11-8-13-32-18/h4-7,9-10,17-20,28H,1,8,11-15H2,2-3H3,(H,25,30)(H,26,29). The molecule has 0 saturated carbocycles. The maximum absolute atomic E-state index is 13.4. The molecule has 33 heavy (non-hydrogen) atoms. The Balaban J connectivity index is 1.79. The van der Waals surface area contributed by atoms with Gasteiger partial charge >= 0.3 is 0 Å². The quantitative estimate of drug-likeness (QED) is 0.464. The molecule has 2 aliphatic rings. The highest BCUT2D eigenvalue weighted by Gasteiger charge is 2.49. The topological polar surface area (TPSA) is 108 Å². The molecule has 2 saturated heterocycles. The molecule has 2 fully saturated rings. The van der Waals surface area contributed by atoms with Crippen molar-refractivity contribution in [1.29, 1.82) is 0 Å². The Hall–Kier alpha value is -2.36. The number of hydrogen-bond acceptors (Lipinski definition) is 6. The van der Waals surface area contributed by atoms with Crippen molar-refractivity contribution < 1.29 is 24.2 Å². The first-order valence-corrected chi connectivity index (χ1v) is 12.2. The fourth-order valence-electron chi connectivity index (χ4n) is 4.19. The van der Waals surface area contributed by atoms with Crippen molar-refractivity contribution in [3.8, 4) is 0 Å². The van der Waals surface area contributed by atoms with Crippen molar-refractivity contribution in [3.05, 3.63) is 48.6 Å². The van der Waals surface area contributed by atoms with E-state index >= 15 is 0 Å². The molecule has 180 valence electrons. The molecule has 4 atom stereocenters. The van der Waals surface area contributed by atoms with E-state index in [1.807, 2.05) is 44.2 Å². The van der Waals surface area contributed by atoms with Crippen molar-refractivity contribution in [2.45, 2.75) is 62.1 Å². The number of carbonyl (C=O) groups is 3. The van der Waals surface area contributed by atoms with Crippen LogP contribution in [0.4, 0.5) is 0 Å². The normalized spacial score (nSPS) is 23.5. The average Bonchev–Trinajstić information content (AvgIpc) is 3.44. The van der Waals surface area contributed by atoms with E-state index in [0.29, 0.717) is 13.0 Å². The number of hydrogen-bond donors (Lipinski definition) is 3. The monoisotopic (exact) mass is 475 g/mol. The number of rotatable bonds is 9. The Labute approximate surface area is 199 Å².